The quantitative estimate of drug-likeness (QED) is 0.455. The molecule has 3 N–H and O–H groups in total. The molecule has 0 radical (unpaired) electrons. The summed E-state index contributed by atoms with van der Waals surface area (Å²) in [7, 11) is 0. The number of alkyl halides is 3. The molecule has 0 aromatic carbocycles. The van der Waals surface area contributed by atoms with E-state index in [9.17, 15) is 18.0 Å². The summed E-state index contributed by atoms with van der Waals surface area (Å²) in [6, 6.07) is 0. The Bertz CT molecular complexity index is 401. The van der Waals surface area contributed by atoms with Crippen molar-refractivity contribution in [2.24, 2.45) is 5.73 Å². The summed E-state index contributed by atoms with van der Waals surface area (Å²) in [5.41, 5.74) is 5.03. The van der Waals surface area contributed by atoms with E-state index in [-0.39, 0.29) is 10.7 Å². The molecule has 0 atom stereocenters. The summed E-state index contributed by atoms with van der Waals surface area (Å²) in [5.74, 6) is -2.71. The van der Waals surface area contributed by atoms with Crippen LogP contribution in [-0.2, 0) is 4.79 Å². The van der Waals surface area contributed by atoms with Crippen LogP contribution in [-0.4, -0.2) is 23.0 Å². The van der Waals surface area contributed by atoms with Crippen molar-refractivity contribution >= 4 is 23.1 Å². The summed E-state index contributed by atoms with van der Waals surface area (Å²) in [6.45, 7) is 0. The topological polar surface area (TPSA) is 89.1 Å². The highest BCUT2D eigenvalue weighted by Gasteiger charge is 2.41. The van der Waals surface area contributed by atoms with E-state index in [0.29, 0.717) is 11.3 Å². The molecular formula is C6H4F3N3O2S. The van der Waals surface area contributed by atoms with Crippen LogP contribution in [0, 0.1) is 5.41 Å². The van der Waals surface area contributed by atoms with Gasteiger partial charge in [-0.25, -0.2) is 9.78 Å². The van der Waals surface area contributed by atoms with Gasteiger partial charge < -0.3 is 10.5 Å². The summed E-state index contributed by atoms with van der Waals surface area (Å²) >= 11 is 0.582. The fraction of sp³-hybridized carbons (Fsp3) is 0.167. The molecule has 15 heavy (non-hydrogen) atoms. The van der Waals surface area contributed by atoms with E-state index in [1.165, 1.54) is 0 Å². The van der Waals surface area contributed by atoms with Gasteiger partial charge in [0.1, 0.15) is 5.84 Å². The van der Waals surface area contributed by atoms with Gasteiger partial charge in [0.25, 0.3) is 5.19 Å². The zero-order chi connectivity index (χ0) is 11.6. The second-order valence-corrected chi connectivity index (χ2v) is 3.28. The molecule has 0 saturated heterocycles. The van der Waals surface area contributed by atoms with Gasteiger partial charge in [0, 0.05) is 0 Å². The first-order chi connectivity index (χ1) is 6.80. The van der Waals surface area contributed by atoms with Crippen molar-refractivity contribution in [1.29, 1.82) is 5.41 Å². The lowest BCUT2D eigenvalue weighted by Gasteiger charge is -2.02. The SMILES string of the molecule is N=C(N)c1cnc(OC(=O)C(F)(F)F)s1. The van der Waals surface area contributed by atoms with Gasteiger partial charge in [0.05, 0.1) is 11.1 Å². The number of esters is 1. The lowest BCUT2D eigenvalue weighted by molar-refractivity contribution is -0.189. The number of nitrogens with one attached hydrogen (secondary N) is 1. The monoisotopic (exact) mass is 239 g/mol. The van der Waals surface area contributed by atoms with Crippen LogP contribution in [0.2, 0.25) is 0 Å². The highest BCUT2D eigenvalue weighted by Crippen LogP contribution is 2.24. The van der Waals surface area contributed by atoms with Crippen LogP contribution >= 0.6 is 11.3 Å². The number of carbonyl (C=O) groups excluding carboxylic acids is 1. The average Bonchev–Trinajstić information content (AvgIpc) is 2.50. The van der Waals surface area contributed by atoms with Crippen LogP contribution in [0.1, 0.15) is 4.88 Å². The molecule has 9 heteroatoms. The number of nitrogens with two attached hydrogens (primary N) is 1. The molecule has 5 nitrogen and oxygen atoms in total. The highest BCUT2D eigenvalue weighted by atomic mass is 32.1. The van der Waals surface area contributed by atoms with Gasteiger partial charge in [-0.2, -0.15) is 13.2 Å². The van der Waals surface area contributed by atoms with E-state index >= 15 is 0 Å². The number of rotatable bonds is 2. The summed E-state index contributed by atoms with van der Waals surface area (Å²) in [5, 5.41) is 6.44. The maximum Gasteiger partial charge on any atom is 0.491 e. The number of hydrogen-bond donors (Lipinski definition) is 2. The Kier molecular flexibility index (Phi) is 2.93. The molecule has 1 aromatic rings. The summed E-state index contributed by atoms with van der Waals surface area (Å²) < 4.78 is 39.1. The minimum Gasteiger partial charge on any atom is -0.391 e. The number of halogens is 3. The Hall–Kier alpha value is -1.64. The van der Waals surface area contributed by atoms with E-state index in [2.05, 4.69) is 9.72 Å². The molecule has 82 valence electrons. The third-order valence-electron chi connectivity index (χ3n) is 1.16. The smallest absolute Gasteiger partial charge is 0.391 e. The zero-order valence-corrected chi connectivity index (χ0v) is 7.78. The second kappa shape index (κ2) is 3.85. The van der Waals surface area contributed by atoms with Crippen LogP contribution in [0.25, 0.3) is 0 Å². The van der Waals surface area contributed by atoms with Crippen molar-refractivity contribution in [2.45, 2.75) is 6.18 Å². The number of thiazole rings is 1. The first kappa shape index (κ1) is 11.4. The second-order valence-electron chi connectivity index (χ2n) is 2.29. The minimum absolute atomic E-state index is 0.125. The van der Waals surface area contributed by atoms with Gasteiger partial charge in [-0.05, 0) is 0 Å². The average molecular weight is 239 g/mol. The van der Waals surface area contributed by atoms with Gasteiger partial charge in [0.2, 0.25) is 0 Å². The standard InChI is InChI=1S/C6H4F3N3O2S/c7-6(8,9)4(13)14-5-12-1-2(15-5)3(10)11/h1H,(H3,10,11). The minimum atomic E-state index is -5.07. The van der Waals surface area contributed by atoms with Gasteiger partial charge >= 0.3 is 12.1 Å². The molecule has 0 spiro atoms. The Morgan fingerprint density at radius 2 is 2.20 bits per heavy atom. The molecule has 0 unspecified atom stereocenters. The largest absolute Gasteiger partial charge is 0.491 e. The first-order valence-electron chi connectivity index (χ1n) is 3.40. The van der Waals surface area contributed by atoms with Gasteiger partial charge in [-0.1, -0.05) is 11.3 Å². The molecule has 0 aliphatic heterocycles. The van der Waals surface area contributed by atoms with Crippen LogP contribution in [0.15, 0.2) is 6.20 Å². The van der Waals surface area contributed by atoms with E-state index in [1.54, 1.807) is 0 Å². The number of nitrogens with zero attached hydrogens (tertiary/aromatic N) is 1. The number of aromatic nitrogens is 1. The number of carbonyl (C=O) groups is 1. The maximum absolute atomic E-state index is 11.7. The molecule has 0 amide bonds. The van der Waals surface area contributed by atoms with Crippen molar-refractivity contribution in [3.05, 3.63) is 11.1 Å². The van der Waals surface area contributed by atoms with Gasteiger partial charge in [-0.3, -0.25) is 5.41 Å². The molecule has 0 aliphatic rings. The van der Waals surface area contributed by atoms with Crippen molar-refractivity contribution < 1.29 is 22.7 Å². The van der Waals surface area contributed by atoms with Crippen LogP contribution < -0.4 is 10.5 Å². The predicted molar refractivity (Wildman–Crippen MR) is 44.8 cm³/mol. The first-order valence-corrected chi connectivity index (χ1v) is 4.21. The number of amidine groups is 1. The molecule has 1 aromatic heterocycles. The number of nitrogen functional groups attached to an aromatic ring is 1. The third-order valence-corrected chi connectivity index (χ3v) is 2.07. The van der Waals surface area contributed by atoms with Crippen LogP contribution in [0.3, 0.4) is 0 Å². The van der Waals surface area contributed by atoms with E-state index < -0.39 is 17.3 Å². The molecular weight excluding hydrogens is 235 g/mol. The Labute approximate surface area is 85.2 Å². The predicted octanol–water partition coefficient (Wildman–Crippen LogP) is 0.895. The van der Waals surface area contributed by atoms with Crippen LogP contribution in [0.4, 0.5) is 13.2 Å². The van der Waals surface area contributed by atoms with Crippen molar-refractivity contribution in [3.63, 3.8) is 0 Å². The number of hydrogen-bond acceptors (Lipinski definition) is 5. The Balaban J connectivity index is 2.74. The summed E-state index contributed by atoms with van der Waals surface area (Å²) in [6.07, 6.45) is -4.02. The fourth-order valence-corrected chi connectivity index (χ4v) is 1.19. The van der Waals surface area contributed by atoms with Gasteiger partial charge in [-0.15, -0.1) is 0 Å². The molecule has 1 rings (SSSR count). The molecule has 0 fully saturated rings. The van der Waals surface area contributed by atoms with E-state index in [1.807, 2.05) is 0 Å². The van der Waals surface area contributed by atoms with Crippen LogP contribution in [0.5, 0.6) is 5.19 Å². The zero-order valence-electron chi connectivity index (χ0n) is 6.96. The van der Waals surface area contributed by atoms with Crippen molar-refractivity contribution in [3.8, 4) is 5.19 Å². The molecule has 0 saturated carbocycles. The van der Waals surface area contributed by atoms with E-state index in [0.717, 1.165) is 6.20 Å². The van der Waals surface area contributed by atoms with Gasteiger partial charge in [0.15, 0.2) is 0 Å². The normalized spacial score (nSPS) is 11.1. The maximum atomic E-state index is 11.7. The fourth-order valence-electron chi connectivity index (χ4n) is 0.567. The third kappa shape index (κ3) is 2.91. The summed E-state index contributed by atoms with van der Waals surface area (Å²) in [4.78, 5) is 13.8. The Morgan fingerprint density at radius 1 is 1.60 bits per heavy atom. The lowest BCUT2D eigenvalue weighted by Crippen LogP contribution is -2.27. The molecule has 0 bridgehead atoms. The van der Waals surface area contributed by atoms with Crippen molar-refractivity contribution in [1.82, 2.24) is 4.98 Å². The molecule has 0 aliphatic carbocycles. The molecule has 1 heterocycles. The Morgan fingerprint density at radius 3 is 2.60 bits per heavy atom. The lowest BCUT2D eigenvalue weighted by atomic mass is 10.5. The van der Waals surface area contributed by atoms with E-state index in [4.69, 9.17) is 11.1 Å². The van der Waals surface area contributed by atoms with Crippen molar-refractivity contribution in [2.75, 3.05) is 0 Å². The highest BCUT2D eigenvalue weighted by molar-refractivity contribution is 7.15. The number of ether oxygens (including phenoxy) is 1.